The van der Waals surface area contributed by atoms with E-state index in [0.29, 0.717) is 22.1 Å². The van der Waals surface area contributed by atoms with E-state index in [4.69, 9.17) is 4.52 Å². The van der Waals surface area contributed by atoms with Gasteiger partial charge < -0.3 is 9.84 Å². The Morgan fingerprint density at radius 2 is 2.26 bits per heavy atom. The van der Waals surface area contributed by atoms with Crippen molar-refractivity contribution in [1.29, 1.82) is 0 Å². The third-order valence-electron chi connectivity index (χ3n) is 3.45. The summed E-state index contributed by atoms with van der Waals surface area (Å²) in [4.78, 5) is 4.43. The molecule has 0 aliphatic carbocycles. The molecule has 0 bridgehead atoms. The van der Waals surface area contributed by atoms with Crippen LogP contribution in [-0.2, 0) is 0 Å². The summed E-state index contributed by atoms with van der Waals surface area (Å²) >= 11 is 3.31. The summed E-state index contributed by atoms with van der Waals surface area (Å²) in [5.41, 5.74) is 0.731. The number of hydrogen-bond acceptors (Lipinski definition) is 4. The number of nitrogens with one attached hydrogen (secondary N) is 1. The van der Waals surface area contributed by atoms with Crippen LogP contribution in [0.5, 0.6) is 0 Å². The topological polar surface area (TPSA) is 51.0 Å². The Balaban J connectivity index is 1.92. The van der Waals surface area contributed by atoms with Gasteiger partial charge in [-0.15, -0.1) is 0 Å². The maximum absolute atomic E-state index is 13.1. The van der Waals surface area contributed by atoms with Gasteiger partial charge in [-0.25, -0.2) is 4.39 Å². The van der Waals surface area contributed by atoms with E-state index in [2.05, 4.69) is 38.3 Å². The van der Waals surface area contributed by atoms with E-state index >= 15 is 0 Å². The first-order valence-electron chi connectivity index (χ1n) is 6.15. The van der Waals surface area contributed by atoms with Gasteiger partial charge in [0.1, 0.15) is 5.82 Å². The second kappa shape index (κ2) is 5.02. The summed E-state index contributed by atoms with van der Waals surface area (Å²) < 4.78 is 19.0. The zero-order valence-corrected chi connectivity index (χ0v) is 11.9. The first-order valence-corrected chi connectivity index (χ1v) is 6.94. The fourth-order valence-corrected chi connectivity index (χ4v) is 2.83. The van der Waals surface area contributed by atoms with Crippen LogP contribution in [0.2, 0.25) is 0 Å². The van der Waals surface area contributed by atoms with E-state index in [0.717, 1.165) is 18.7 Å². The second-order valence-corrected chi connectivity index (χ2v) is 5.68. The highest BCUT2D eigenvalue weighted by Gasteiger charge is 2.29. The van der Waals surface area contributed by atoms with Gasteiger partial charge in [-0.05, 0) is 46.6 Å². The van der Waals surface area contributed by atoms with Crippen molar-refractivity contribution in [2.45, 2.75) is 12.8 Å². The molecule has 2 atom stereocenters. The van der Waals surface area contributed by atoms with Gasteiger partial charge in [0.15, 0.2) is 0 Å². The quantitative estimate of drug-likeness (QED) is 0.922. The molecule has 0 saturated carbocycles. The molecule has 0 spiro atoms. The van der Waals surface area contributed by atoms with E-state index < -0.39 is 0 Å². The summed E-state index contributed by atoms with van der Waals surface area (Å²) in [6, 6.07) is 4.42. The van der Waals surface area contributed by atoms with Gasteiger partial charge in [-0.1, -0.05) is 12.1 Å². The van der Waals surface area contributed by atoms with Crippen molar-refractivity contribution in [3.63, 3.8) is 0 Å². The molecule has 19 heavy (non-hydrogen) atoms. The van der Waals surface area contributed by atoms with Crippen LogP contribution in [0.4, 0.5) is 4.39 Å². The highest BCUT2D eigenvalue weighted by molar-refractivity contribution is 9.10. The summed E-state index contributed by atoms with van der Waals surface area (Å²) in [6.07, 6.45) is 0. The minimum Gasteiger partial charge on any atom is -0.339 e. The molecule has 1 aromatic heterocycles. The monoisotopic (exact) mass is 325 g/mol. The van der Waals surface area contributed by atoms with Crippen molar-refractivity contribution < 1.29 is 8.91 Å². The van der Waals surface area contributed by atoms with Crippen LogP contribution in [0.25, 0.3) is 11.4 Å². The summed E-state index contributed by atoms with van der Waals surface area (Å²) in [5, 5.41) is 7.29. The number of rotatable bonds is 2. The highest BCUT2D eigenvalue weighted by Crippen LogP contribution is 2.30. The number of hydrogen-bond donors (Lipinski definition) is 1. The standard InChI is InChI=1S/C13H13BrFN3O/c1-7-5-16-6-10(7)13-17-12(18-19-13)9-3-2-8(15)4-11(9)14/h2-4,7,10,16H,5-6H2,1H3. The molecule has 1 aromatic carbocycles. The maximum Gasteiger partial charge on any atom is 0.231 e. The molecule has 2 heterocycles. The van der Waals surface area contributed by atoms with Gasteiger partial charge in [0.2, 0.25) is 11.7 Å². The van der Waals surface area contributed by atoms with Crippen molar-refractivity contribution in [3.8, 4) is 11.4 Å². The minimum atomic E-state index is -0.298. The lowest BCUT2D eigenvalue weighted by Gasteiger charge is -2.07. The van der Waals surface area contributed by atoms with Crippen molar-refractivity contribution in [2.75, 3.05) is 13.1 Å². The second-order valence-electron chi connectivity index (χ2n) is 4.82. The van der Waals surface area contributed by atoms with Crippen LogP contribution in [0.3, 0.4) is 0 Å². The smallest absolute Gasteiger partial charge is 0.231 e. The molecular formula is C13H13BrFN3O. The van der Waals surface area contributed by atoms with Gasteiger partial charge in [0, 0.05) is 16.6 Å². The Morgan fingerprint density at radius 3 is 2.95 bits per heavy atom. The Hall–Kier alpha value is -1.27. The number of benzene rings is 1. The first kappa shape index (κ1) is 12.7. The van der Waals surface area contributed by atoms with E-state index in [1.165, 1.54) is 12.1 Å². The molecule has 6 heteroatoms. The molecule has 3 rings (SSSR count). The Morgan fingerprint density at radius 1 is 1.42 bits per heavy atom. The molecular weight excluding hydrogens is 313 g/mol. The Kier molecular flexibility index (Phi) is 3.36. The van der Waals surface area contributed by atoms with E-state index in [1.54, 1.807) is 6.07 Å². The lowest BCUT2D eigenvalue weighted by molar-refractivity contribution is 0.340. The normalized spacial score (nSPS) is 22.9. The van der Waals surface area contributed by atoms with E-state index in [9.17, 15) is 4.39 Å². The number of aromatic nitrogens is 2. The SMILES string of the molecule is CC1CNCC1c1nc(-c2ccc(F)cc2Br)no1. The third-order valence-corrected chi connectivity index (χ3v) is 4.10. The Labute approximate surface area is 118 Å². The molecule has 0 radical (unpaired) electrons. The fourth-order valence-electron chi connectivity index (χ4n) is 2.31. The van der Waals surface area contributed by atoms with Crippen LogP contribution in [0.15, 0.2) is 27.2 Å². The molecule has 1 saturated heterocycles. The van der Waals surface area contributed by atoms with Crippen molar-refractivity contribution in [3.05, 3.63) is 34.4 Å². The van der Waals surface area contributed by atoms with E-state index in [-0.39, 0.29) is 11.7 Å². The van der Waals surface area contributed by atoms with Crippen molar-refractivity contribution in [1.82, 2.24) is 15.5 Å². The van der Waals surface area contributed by atoms with Gasteiger partial charge in [-0.2, -0.15) is 4.98 Å². The van der Waals surface area contributed by atoms with Crippen LogP contribution in [-0.4, -0.2) is 23.2 Å². The fraction of sp³-hybridized carbons (Fsp3) is 0.385. The lowest BCUT2D eigenvalue weighted by atomic mass is 9.98. The number of halogens is 2. The Bertz CT molecular complexity index is 601. The van der Waals surface area contributed by atoms with Gasteiger partial charge >= 0.3 is 0 Å². The summed E-state index contributed by atoms with van der Waals surface area (Å²) in [5.74, 6) is 1.56. The van der Waals surface area contributed by atoms with Crippen LogP contribution in [0.1, 0.15) is 18.7 Å². The van der Waals surface area contributed by atoms with Crippen molar-refractivity contribution in [2.24, 2.45) is 5.92 Å². The molecule has 2 aromatic rings. The first-order chi connectivity index (χ1) is 9.15. The lowest BCUT2D eigenvalue weighted by Crippen LogP contribution is -2.08. The molecule has 4 nitrogen and oxygen atoms in total. The average molecular weight is 326 g/mol. The maximum atomic E-state index is 13.1. The summed E-state index contributed by atoms with van der Waals surface area (Å²) in [6.45, 7) is 3.97. The highest BCUT2D eigenvalue weighted by atomic mass is 79.9. The summed E-state index contributed by atoms with van der Waals surface area (Å²) in [7, 11) is 0. The molecule has 2 unspecified atom stereocenters. The number of nitrogens with zero attached hydrogens (tertiary/aromatic N) is 2. The van der Waals surface area contributed by atoms with Gasteiger partial charge in [0.05, 0.1) is 5.92 Å². The minimum absolute atomic E-state index is 0.250. The van der Waals surface area contributed by atoms with Crippen LogP contribution >= 0.6 is 15.9 Å². The molecule has 1 aliphatic rings. The van der Waals surface area contributed by atoms with Crippen molar-refractivity contribution >= 4 is 15.9 Å². The predicted molar refractivity (Wildman–Crippen MR) is 72.2 cm³/mol. The molecule has 100 valence electrons. The molecule has 1 fully saturated rings. The molecule has 0 amide bonds. The molecule has 1 N–H and O–H groups in total. The van der Waals surface area contributed by atoms with Crippen LogP contribution < -0.4 is 5.32 Å². The predicted octanol–water partition coefficient (Wildman–Crippen LogP) is 2.96. The zero-order chi connectivity index (χ0) is 13.4. The largest absolute Gasteiger partial charge is 0.339 e. The van der Waals surface area contributed by atoms with E-state index in [1.807, 2.05) is 0 Å². The van der Waals surface area contributed by atoms with Gasteiger partial charge in [0.25, 0.3) is 0 Å². The van der Waals surface area contributed by atoms with Gasteiger partial charge in [-0.3, -0.25) is 0 Å². The van der Waals surface area contributed by atoms with Crippen LogP contribution in [0, 0.1) is 11.7 Å². The third kappa shape index (κ3) is 2.42. The zero-order valence-electron chi connectivity index (χ0n) is 10.4. The average Bonchev–Trinajstić information content (AvgIpc) is 2.97. The molecule has 1 aliphatic heterocycles.